The molecule has 146 valence electrons. The Morgan fingerprint density at radius 2 is 1.78 bits per heavy atom. The predicted molar refractivity (Wildman–Crippen MR) is 106 cm³/mol. The molecule has 0 fully saturated rings. The van der Waals surface area contributed by atoms with Crippen LogP contribution in [0, 0.1) is 6.92 Å². The highest BCUT2D eigenvalue weighted by atomic mass is 32.2. The fourth-order valence-corrected chi connectivity index (χ4v) is 4.16. The average Bonchev–Trinajstić information content (AvgIpc) is 2.66. The van der Waals surface area contributed by atoms with Gasteiger partial charge in [-0.1, -0.05) is 32.0 Å². The summed E-state index contributed by atoms with van der Waals surface area (Å²) in [6.07, 6.45) is 0. The maximum Gasteiger partial charge on any atom is 0.251 e. The first kappa shape index (κ1) is 20.9. The van der Waals surface area contributed by atoms with Gasteiger partial charge in [0.2, 0.25) is 10.0 Å². The normalized spacial score (nSPS) is 11.4. The molecule has 0 radical (unpaired) electrons. The summed E-state index contributed by atoms with van der Waals surface area (Å²) in [6.45, 7) is 6.95. The number of benzene rings is 2. The van der Waals surface area contributed by atoms with E-state index in [-0.39, 0.29) is 10.8 Å². The topological polar surface area (TPSA) is 75.7 Å². The molecule has 0 atom stereocenters. The van der Waals surface area contributed by atoms with E-state index in [2.05, 4.69) is 5.32 Å². The van der Waals surface area contributed by atoms with E-state index < -0.39 is 10.0 Å². The summed E-state index contributed by atoms with van der Waals surface area (Å²) >= 11 is 0. The van der Waals surface area contributed by atoms with Gasteiger partial charge >= 0.3 is 0 Å². The molecule has 2 aromatic carbocycles. The Morgan fingerprint density at radius 3 is 2.44 bits per heavy atom. The van der Waals surface area contributed by atoms with E-state index in [1.807, 2.05) is 31.2 Å². The largest absolute Gasteiger partial charge is 0.492 e. The van der Waals surface area contributed by atoms with E-state index in [4.69, 9.17) is 4.74 Å². The Balaban J connectivity index is 1.97. The zero-order chi connectivity index (χ0) is 19.9. The summed E-state index contributed by atoms with van der Waals surface area (Å²) in [5, 5.41) is 2.75. The monoisotopic (exact) mass is 390 g/mol. The molecule has 0 aliphatic heterocycles. The molecule has 0 bridgehead atoms. The second-order valence-electron chi connectivity index (χ2n) is 6.04. The molecule has 27 heavy (non-hydrogen) atoms. The quantitative estimate of drug-likeness (QED) is 0.668. The number of rotatable bonds is 9. The molecule has 0 heterocycles. The number of hydrogen-bond acceptors (Lipinski definition) is 4. The lowest BCUT2D eigenvalue weighted by atomic mass is 10.2. The summed E-state index contributed by atoms with van der Waals surface area (Å²) in [4.78, 5) is 12.4. The van der Waals surface area contributed by atoms with Crippen LogP contribution in [0.15, 0.2) is 53.4 Å². The van der Waals surface area contributed by atoms with Gasteiger partial charge in [-0.3, -0.25) is 4.79 Å². The Bertz CT molecular complexity index is 877. The number of ether oxygens (including phenoxy) is 1. The minimum atomic E-state index is -3.59. The van der Waals surface area contributed by atoms with Gasteiger partial charge in [0.05, 0.1) is 11.4 Å². The van der Waals surface area contributed by atoms with Gasteiger partial charge in [-0.2, -0.15) is 4.31 Å². The minimum Gasteiger partial charge on any atom is -0.492 e. The molecule has 7 heteroatoms. The van der Waals surface area contributed by atoms with Crippen LogP contribution in [-0.4, -0.2) is 44.9 Å². The molecule has 2 rings (SSSR count). The summed E-state index contributed by atoms with van der Waals surface area (Å²) in [7, 11) is -3.59. The summed E-state index contributed by atoms with van der Waals surface area (Å²) < 4.78 is 32.1. The van der Waals surface area contributed by atoms with Crippen molar-refractivity contribution >= 4 is 15.9 Å². The van der Waals surface area contributed by atoms with Crippen molar-refractivity contribution in [3.63, 3.8) is 0 Å². The number of nitrogens with zero attached hydrogens (tertiary/aromatic N) is 1. The van der Waals surface area contributed by atoms with Crippen molar-refractivity contribution in [3.05, 3.63) is 59.7 Å². The standard InChI is InChI=1S/C20H26N2O4S/c1-4-22(5-2)27(24,25)19-11-7-9-17(15-19)20(23)21-12-13-26-18-10-6-8-16(3)14-18/h6-11,14-15H,4-5,12-13H2,1-3H3,(H,21,23). The Morgan fingerprint density at radius 1 is 1.07 bits per heavy atom. The van der Waals surface area contributed by atoms with Crippen molar-refractivity contribution in [3.8, 4) is 5.75 Å². The van der Waals surface area contributed by atoms with E-state index in [0.29, 0.717) is 31.8 Å². The van der Waals surface area contributed by atoms with E-state index >= 15 is 0 Å². The molecular weight excluding hydrogens is 364 g/mol. The van der Waals surface area contributed by atoms with Gasteiger partial charge in [0.25, 0.3) is 5.91 Å². The minimum absolute atomic E-state index is 0.120. The van der Waals surface area contributed by atoms with Crippen molar-refractivity contribution in [1.29, 1.82) is 0 Å². The number of nitrogens with one attached hydrogen (secondary N) is 1. The molecule has 2 aromatic rings. The third-order valence-electron chi connectivity index (χ3n) is 4.09. The molecule has 0 aromatic heterocycles. The SMILES string of the molecule is CCN(CC)S(=O)(=O)c1cccc(C(=O)NCCOc2cccc(C)c2)c1. The Labute approximate surface area is 161 Å². The van der Waals surface area contributed by atoms with Crippen LogP contribution in [0.25, 0.3) is 0 Å². The maximum absolute atomic E-state index is 12.6. The van der Waals surface area contributed by atoms with Crippen LogP contribution >= 0.6 is 0 Å². The van der Waals surface area contributed by atoms with Gasteiger partial charge in [0.1, 0.15) is 12.4 Å². The van der Waals surface area contributed by atoms with E-state index in [0.717, 1.165) is 11.3 Å². The highest BCUT2D eigenvalue weighted by Crippen LogP contribution is 2.17. The fraction of sp³-hybridized carbons (Fsp3) is 0.350. The number of amides is 1. The van der Waals surface area contributed by atoms with Crippen molar-refractivity contribution in [2.24, 2.45) is 0 Å². The predicted octanol–water partition coefficient (Wildman–Crippen LogP) is 2.83. The van der Waals surface area contributed by atoms with Crippen LogP contribution in [0.4, 0.5) is 0 Å². The van der Waals surface area contributed by atoms with Gasteiger partial charge < -0.3 is 10.1 Å². The Hall–Kier alpha value is -2.38. The lowest BCUT2D eigenvalue weighted by Gasteiger charge is -2.18. The molecule has 0 unspecified atom stereocenters. The van der Waals surface area contributed by atoms with Crippen LogP contribution in [-0.2, 0) is 10.0 Å². The van der Waals surface area contributed by atoms with Crippen LogP contribution in [0.3, 0.4) is 0 Å². The highest BCUT2D eigenvalue weighted by Gasteiger charge is 2.22. The van der Waals surface area contributed by atoms with Gasteiger partial charge in [0, 0.05) is 18.7 Å². The maximum atomic E-state index is 12.6. The second kappa shape index (κ2) is 9.53. The van der Waals surface area contributed by atoms with Gasteiger partial charge in [-0.05, 0) is 42.8 Å². The lowest BCUT2D eigenvalue weighted by molar-refractivity contribution is 0.0946. The second-order valence-corrected chi connectivity index (χ2v) is 7.98. The molecular formula is C20H26N2O4S. The number of aryl methyl sites for hydroxylation is 1. The van der Waals surface area contributed by atoms with Gasteiger partial charge in [-0.15, -0.1) is 0 Å². The first-order valence-corrected chi connectivity index (χ1v) is 10.4. The number of hydrogen-bond donors (Lipinski definition) is 1. The summed E-state index contributed by atoms with van der Waals surface area (Å²) in [6, 6.07) is 13.8. The van der Waals surface area contributed by atoms with Crippen LogP contribution in [0.5, 0.6) is 5.75 Å². The highest BCUT2D eigenvalue weighted by molar-refractivity contribution is 7.89. The molecule has 0 spiro atoms. The van der Waals surface area contributed by atoms with E-state index in [1.165, 1.54) is 16.4 Å². The third kappa shape index (κ3) is 5.55. The number of carbonyl (C=O) groups is 1. The van der Waals surface area contributed by atoms with Crippen molar-refractivity contribution in [1.82, 2.24) is 9.62 Å². The fourth-order valence-electron chi connectivity index (χ4n) is 2.65. The molecule has 0 aliphatic rings. The smallest absolute Gasteiger partial charge is 0.251 e. The van der Waals surface area contributed by atoms with E-state index in [1.54, 1.807) is 26.0 Å². The first-order valence-electron chi connectivity index (χ1n) is 8.96. The third-order valence-corrected chi connectivity index (χ3v) is 6.13. The number of sulfonamides is 1. The molecule has 1 N–H and O–H groups in total. The van der Waals surface area contributed by atoms with Crippen LogP contribution in [0.1, 0.15) is 29.8 Å². The zero-order valence-corrected chi connectivity index (χ0v) is 16.8. The molecule has 0 saturated heterocycles. The van der Waals surface area contributed by atoms with Crippen molar-refractivity contribution in [2.45, 2.75) is 25.7 Å². The molecule has 0 saturated carbocycles. The lowest BCUT2D eigenvalue weighted by Crippen LogP contribution is -2.31. The molecule has 0 aliphatic carbocycles. The van der Waals surface area contributed by atoms with E-state index in [9.17, 15) is 13.2 Å². The zero-order valence-electron chi connectivity index (χ0n) is 15.9. The van der Waals surface area contributed by atoms with Crippen LogP contribution in [0.2, 0.25) is 0 Å². The summed E-state index contributed by atoms with van der Waals surface area (Å²) in [5.41, 5.74) is 1.40. The average molecular weight is 391 g/mol. The summed E-state index contributed by atoms with van der Waals surface area (Å²) in [5.74, 6) is 0.413. The molecule has 1 amide bonds. The van der Waals surface area contributed by atoms with Gasteiger partial charge in [-0.25, -0.2) is 8.42 Å². The Kier molecular flexibility index (Phi) is 7.38. The van der Waals surface area contributed by atoms with Gasteiger partial charge in [0.15, 0.2) is 0 Å². The van der Waals surface area contributed by atoms with Crippen molar-refractivity contribution < 1.29 is 17.9 Å². The number of carbonyl (C=O) groups excluding carboxylic acids is 1. The van der Waals surface area contributed by atoms with Crippen molar-refractivity contribution in [2.75, 3.05) is 26.2 Å². The first-order chi connectivity index (χ1) is 12.9. The molecule has 6 nitrogen and oxygen atoms in total. The van der Waals surface area contributed by atoms with Crippen LogP contribution < -0.4 is 10.1 Å².